The van der Waals surface area contributed by atoms with Crippen LogP contribution in [0.2, 0.25) is 0 Å². The van der Waals surface area contributed by atoms with Crippen molar-refractivity contribution in [3.05, 3.63) is 71.9 Å². The Balaban J connectivity index is 2.60. The maximum Gasteiger partial charge on any atom is 0.0991 e. The van der Waals surface area contributed by atoms with Crippen molar-refractivity contribution in [2.24, 2.45) is 16.8 Å². The lowest BCUT2D eigenvalue weighted by atomic mass is 9.87. The smallest absolute Gasteiger partial charge is 0.0991 e. The number of aliphatic imine (C=N–C) groups is 1. The van der Waals surface area contributed by atoms with E-state index in [1.807, 2.05) is 13.0 Å². The quantitative estimate of drug-likeness (QED) is 0.462. The molecule has 0 aromatic heterocycles. The van der Waals surface area contributed by atoms with Gasteiger partial charge in [-0.15, -0.1) is 0 Å². The lowest BCUT2D eigenvalue weighted by Gasteiger charge is -2.22. The highest BCUT2D eigenvalue weighted by Crippen LogP contribution is 2.62. The first-order valence-electron chi connectivity index (χ1n) is 8.21. The van der Waals surface area contributed by atoms with Crippen LogP contribution in [0.25, 0.3) is 0 Å². The molecule has 0 spiro atoms. The number of allylic oxidation sites excluding steroid dienone is 8. The predicted octanol–water partition coefficient (Wildman–Crippen LogP) is 5.60. The zero-order valence-electron chi connectivity index (χ0n) is 14.2. The van der Waals surface area contributed by atoms with Gasteiger partial charge in [-0.05, 0) is 43.2 Å². The van der Waals surface area contributed by atoms with Gasteiger partial charge in [0.2, 0.25) is 0 Å². The summed E-state index contributed by atoms with van der Waals surface area (Å²) in [6.45, 7) is 12.6. The number of hydrogen-bond donors (Lipinski definition) is 0. The number of hydrogen-bond acceptors (Lipinski definition) is 1. The number of fused-ring (bicyclic) bond motifs is 1. The van der Waals surface area contributed by atoms with E-state index in [1.165, 1.54) is 16.7 Å². The van der Waals surface area contributed by atoms with Gasteiger partial charge in [-0.25, -0.2) is 0 Å². The highest BCUT2D eigenvalue weighted by Gasteiger charge is 2.62. The second-order valence-electron chi connectivity index (χ2n) is 5.85. The molecule has 0 N–H and O–H groups in total. The molecule has 116 valence electrons. The van der Waals surface area contributed by atoms with Crippen LogP contribution >= 0.6 is 0 Å². The molecule has 0 bridgehead atoms. The number of rotatable bonds is 5. The Bertz CT molecular complexity index is 610. The van der Waals surface area contributed by atoms with Crippen LogP contribution in [0.4, 0.5) is 0 Å². The van der Waals surface area contributed by atoms with E-state index in [-0.39, 0.29) is 11.5 Å². The fourth-order valence-corrected chi connectivity index (χ4v) is 3.54. The Morgan fingerprint density at radius 1 is 1.27 bits per heavy atom. The van der Waals surface area contributed by atoms with Crippen LogP contribution in [0.15, 0.2) is 76.9 Å². The summed E-state index contributed by atoms with van der Waals surface area (Å²) < 4.78 is 0. The summed E-state index contributed by atoms with van der Waals surface area (Å²) >= 11 is 0. The minimum Gasteiger partial charge on any atom is -0.285 e. The summed E-state index contributed by atoms with van der Waals surface area (Å²) in [6.07, 6.45) is 20.2. The topological polar surface area (TPSA) is 12.4 Å². The standard InChI is InChI=1S/C21H27N/c1-6-10-11-12-19-17(8-3)13-14-18(9-4)20-16(5)21(19,20)22-15-7-2/h6,8-16,19H,4,7H2,1-3,5H3/b10-6?,12-11+,17-8-,22-15-. The molecule has 3 unspecified atom stereocenters. The molecule has 0 heterocycles. The zero-order valence-corrected chi connectivity index (χ0v) is 14.2. The molecular weight excluding hydrogens is 266 g/mol. The molecule has 1 nitrogen and oxygen atoms in total. The largest absolute Gasteiger partial charge is 0.285 e. The van der Waals surface area contributed by atoms with Crippen molar-refractivity contribution < 1.29 is 0 Å². The fourth-order valence-electron chi connectivity index (χ4n) is 3.54. The molecule has 22 heavy (non-hydrogen) atoms. The first-order valence-corrected chi connectivity index (χ1v) is 8.21. The highest BCUT2D eigenvalue weighted by atomic mass is 15.0. The molecule has 2 aliphatic carbocycles. The molecule has 1 saturated carbocycles. The van der Waals surface area contributed by atoms with E-state index >= 15 is 0 Å². The molecular formula is C21H27N. The van der Waals surface area contributed by atoms with Gasteiger partial charge in [0, 0.05) is 11.8 Å². The molecule has 2 rings (SSSR count). The first kappa shape index (κ1) is 16.5. The monoisotopic (exact) mass is 293 g/mol. The van der Waals surface area contributed by atoms with Gasteiger partial charge in [-0.1, -0.05) is 69.0 Å². The third kappa shape index (κ3) is 2.61. The van der Waals surface area contributed by atoms with Gasteiger partial charge in [-0.2, -0.15) is 0 Å². The van der Waals surface area contributed by atoms with E-state index in [0.717, 1.165) is 6.42 Å². The minimum atomic E-state index is -0.122. The Hall–Kier alpha value is -1.89. The third-order valence-corrected chi connectivity index (χ3v) is 4.69. The molecule has 0 amide bonds. The average molecular weight is 293 g/mol. The fraction of sp³-hybridized carbons (Fsp3) is 0.381. The van der Waals surface area contributed by atoms with Crippen LogP contribution in [0, 0.1) is 11.8 Å². The van der Waals surface area contributed by atoms with Crippen molar-refractivity contribution in [3.63, 3.8) is 0 Å². The average Bonchev–Trinajstić information content (AvgIpc) is 3.15. The minimum absolute atomic E-state index is 0.122. The summed E-state index contributed by atoms with van der Waals surface area (Å²) in [5, 5.41) is 0. The van der Waals surface area contributed by atoms with Crippen molar-refractivity contribution in [2.75, 3.05) is 0 Å². The zero-order chi connectivity index (χ0) is 16.2. The van der Waals surface area contributed by atoms with E-state index < -0.39 is 0 Å². The van der Waals surface area contributed by atoms with Gasteiger partial charge in [0.05, 0.1) is 5.54 Å². The van der Waals surface area contributed by atoms with Crippen molar-refractivity contribution in [3.8, 4) is 0 Å². The molecule has 1 heteroatoms. The van der Waals surface area contributed by atoms with Crippen molar-refractivity contribution in [1.29, 1.82) is 0 Å². The summed E-state index contributed by atoms with van der Waals surface area (Å²) in [7, 11) is 0. The molecule has 1 fully saturated rings. The predicted molar refractivity (Wildman–Crippen MR) is 98.2 cm³/mol. The first-order chi connectivity index (χ1) is 10.7. The van der Waals surface area contributed by atoms with Crippen LogP contribution in [0.1, 0.15) is 34.1 Å². The molecule has 0 aliphatic heterocycles. The summed E-state index contributed by atoms with van der Waals surface area (Å²) in [4.78, 5) is 5.02. The van der Waals surface area contributed by atoms with E-state index in [4.69, 9.17) is 4.99 Å². The summed E-state index contributed by atoms with van der Waals surface area (Å²) in [5.41, 5.74) is 3.87. The van der Waals surface area contributed by atoms with Crippen LogP contribution in [0.5, 0.6) is 0 Å². The van der Waals surface area contributed by atoms with Crippen LogP contribution in [-0.4, -0.2) is 11.8 Å². The Morgan fingerprint density at radius 2 is 2.05 bits per heavy atom. The van der Waals surface area contributed by atoms with Gasteiger partial charge in [0.15, 0.2) is 0 Å². The lowest BCUT2D eigenvalue weighted by molar-refractivity contribution is 0.531. The van der Waals surface area contributed by atoms with E-state index in [0.29, 0.717) is 5.92 Å². The third-order valence-electron chi connectivity index (χ3n) is 4.69. The maximum atomic E-state index is 5.02. The Kier molecular flexibility index (Phi) is 5.18. The van der Waals surface area contributed by atoms with Gasteiger partial charge >= 0.3 is 0 Å². The molecule has 2 aliphatic rings. The Morgan fingerprint density at radius 3 is 2.64 bits per heavy atom. The molecule has 0 saturated heterocycles. The molecule has 0 aromatic carbocycles. The van der Waals surface area contributed by atoms with E-state index in [2.05, 4.69) is 76.1 Å². The lowest BCUT2D eigenvalue weighted by Crippen LogP contribution is -2.23. The van der Waals surface area contributed by atoms with Crippen molar-refractivity contribution >= 4 is 6.21 Å². The normalized spacial score (nSPS) is 33.2. The molecule has 0 radical (unpaired) electrons. The van der Waals surface area contributed by atoms with Crippen molar-refractivity contribution in [1.82, 2.24) is 0 Å². The second kappa shape index (κ2) is 6.91. The van der Waals surface area contributed by atoms with Crippen LogP contribution < -0.4 is 0 Å². The van der Waals surface area contributed by atoms with Gasteiger partial charge in [0.1, 0.15) is 0 Å². The summed E-state index contributed by atoms with van der Waals surface area (Å²) in [5.74, 6) is 0.749. The SMILES string of the molecule is C=CC1=C2C(C)C2(/N=C\CC)C(/C=C/C=CC)/C(=C\C)C=C1. The van der Waals surface area contributed by atoms with E-state index in [1.54, 1.807) is 0 Å². The van der Waals surface area contributed by atoms with Gasteiger partial charge in [0.25, 0.3) is 0 Å². The highest BCUT2D eigenvalue weighted by molar-refractivity contribution is 5.67. The van der Waals surface area contributed by atoms with Crippen molar-refractivity contribution in [2.45, 2.75) is 39.7 Å². The van der Waals surface area contributed by atoms with Crippen LogP contribution in [0.3, 0.4) is 0 Å². The number of nitrogens with zero attached hydrogens (tertiary/aromatic N) is 1. The Labute approximate surface area is 135 Å². The molecule has 0 aromatic rings. The summed E-state index contributed by atoms with van der Waals surface area (Å²) in [6, 6.07) is 0. The van der Waals surface area contributed by atoms with Crippen LogP contribution in [-0.2, 0) is 0 Å². The molecule has 3 atom stereocenters. The van der Waals surface area contributed by atoms with Gasteiger partial charge < -0.3 is 0 Å². The van der Waals surface area contributed by atoms with Gasteiger partial charge in [-0.3, -0.25) is 4.99 Å². The van der Waals surface area contributed by atoms with E-state index in [9.17, 15) is 0 Å². The second-order valence-corrected chi connectivity index (χ2v) is 5.85. The maximum absolute atomic E-state index is 5.02.